The molecule has 31 heavy (non-hydrogen) atoms. The third kappa shape index (κ3) is 5.17. The van der Waals surface area contributed by atoms with Crippen LogP contribution in [0.1, 0.15) is 43.5 Å². The first kappa shape index (κ1) is 22.2. The lowest BCUT2D eigenvalue weighted by atomic mass is 9.95. The minimum atomic E-state index is -0.655. The molecule has 2 amide bonds. The summed E-state index contributed by atoms with van der Waals surface area (Å²) in [4.78, 5) is 24.6. The Bertz CT molecular complexity index is 999. The summed E-state index contributed by atoms with van der Waals surface area (Å²) in [7, 11) is 0. The number of aryl methyl sites for hydroxylation is 1. The predicted molar refractivity (Wildman–Crippen MR) is 117 cm³/mol. The Balaban J connectivity index is 1.91. The molecule has 164 valence electrons. The number of carbonyl (C=O) groups is 2. The lowest BCUT2D eigenvalue weighted by molar-refractivity contribution is -0.139. The van der Waals surface area contributed by atoms with Gasteiger partial charge in [0.05, 0.1) is 24.8 Å². The lowest BCUT2D eigenvalue weighted by Crippen LogP contribution is -2.45. The molecule has 7 heteroatoms. The second-order valence-electron chi connectivity index (χ2n) is 7.14. The number of ether oxygens (including phenoxy) is 3. The monoisotopic (exact) mass is 424 g/mol. The molecule has 0 saturated carbocycles. The van der Waals surface area contributed by atoms with Crippen LogP contribution in [0.4, 0.5) is 4.79 Å². The first-order valence-corrected chi connectivity index (χ1v) is 10.3. The number of hydrogen-bond acceptors (Lipinski definition) is 5. The van der Waals surface area contributed by atoms with Crippen LogP contribution in [0.2, 0.25) is 0 Å². The van der Waals surface area contributed by atoms with E-state index in [-0.39, 0.29) is 12.6 Å². The fourth-order valence-electron chi connectivity index (χ4n) is 3.44. The van der Waals surface area contributed by atoms with Crippen molar-refractivity contribution in [2.45, 2.75) is 40.3 Å². The summed E-state index contributed by atoms with van der Waals surface area (Å²) in [5.74, 6) is 0.657. The SMILES string of the molecule is CCOC(=O)C1=C(C)NC(=O)NC1c1ccc(OCc2ccccc2C)c(OCC)c1. The summed E-state index contributed by atoms with van der Waals surface area (Å²) in [5, 5.41) is 5.44. The quantitative estimate of drug-likeness (QED) is 0.622. The van der Waals surface area contributed by atoms with E-state index in [9.17, 15) is 9.59 Å². The number of allylic oxidation sites excluding steroid dienone is 1. The van der Waals surface area contributed by atoms with Crippen LogP contribution in [0, 0.1) is 6.92 Å². The van der Waals surface area contributed by atoms with E-state index in [1.165, 1.54) is 0 Å². The van der Waals surface area contributed by atoms with Gasteiger partial charge in [-0.1, -0.05) is 30.3 Å². The average molecular weight is 424 g/mol. The van der Waals surface area contributed by atoms with Gasteiger partial charge in [-0.15, -0.1) is 0 Å². The third-order valence-corrected chi connectivity index (χ3v) is 5.01. The molecule has 0 aromatic heterocycles. The van der Waals surface area contributed by atoms with Gasteiger partial charge in [0.2, 0.25) is 0 Å². The normalized spacial score (nSPS) is 15.7. The van der Waals surface area contributed by atoms with Gasteiger partial charge in [0.25, 0.3) is 0 Å². The van der Waals surface area contributed by atoms with Gasteiger partial charge < -0.3 is 24.8 Å². The molecule has 0 aliphatic carbocycles. The van der Waals surface area contributed by atoms with Crippen molar-refractivity contribution in [2.75, 3.05) is 13.2 Å². The molecule has 1 aliphatic heterocycles. The first-order chi connectivity index (χ1) is 14.9. The summed E-state index contributed by atoms with van der Waals surface area (Å²) in [6.07, 6.45) is 0. The summed E-state index contributed by atoms with van der Waals surface area (Å²) >= 11 is 0. The van der Waals surface area contributed by atoms with Gasteiger partial charge in [0, 0.05) is 5.70 Å². The fraction of sp³-hybridized carbons (Fsp3) is 0.333. The number of rotatable bonds is 8. The van der Waals surface area contributed by atoms with Gasteiger partial charge in [-0.25, -0.2) is 9.59 Å². The Morgan fingerprint density at radius 3 is 2.48 bits per heavy atom. The molecule has 7 nitrogen and oxygen atoms in total. The van der Waals surface area contributed by atoms with E-state index in [2.05, 4.69) is 10.6 Å². The topological polar surface area (TPSA) is 85.9 Å². The van der Waals surface area contributed by atoms with Gasteiger partial charge in [-0.3, -0.25) is 0 Å². The fourth-order valence-corrected chi connectivity index (χ4v) is 3.44. The van der Waals surface area contributed by atoms with Crippen LogP contribution >= 0.6 is 0 Å². The minimum absolute atomic E-state index is 0.242. The summed E-state index contributed by atoms with van der Waals surface area (Å²) in [6, 6.07) is 12.4. The van der Waals surface area contributed by atoms with Crippen LogP contribution in [-0.2, 0) is 16.1 Å². The molecule has 1 heterocycles. The van der Waals surface area contributed by atoms with Crippen LogP contribution < -0.4 is 20.1 Å². The molecule has 2 N–H and O–H groups in total. The number of carbonyl (C=O) groups excluding carboxylic acids is 2. The van der Waals surface area contributed by atoms with Gasteiger partial charge in [-0.2, -0.15) is 0 Å². The molecule has 3 rings (SSSR count). The molecule has 2 aromatic carbocycles. The maximum absolute atomic E-state index is 12.5. The number of amides is 2. The van der Waals surface area contributed by atoms with E-state index >= 15 is 0 Å². The van der Waals surface area contributed by atoms with Gasteiger partial charge in [0.1, 0.15) is 6.61 Å². The first-order valence-electron chi connectivity index (χ1n) is 10.3. The number of nitrogens with one attached hydrogen (secondary N) is 2. The zero-order valence-electron chi connectivity index (χ0n) is 18.3. The maximum Gasteiger partial charge on any atom is 0.338 e. The van der Waals surface area contributed by atoms with E-state index in [4.69, 9.17) is 14.2 Å². The van der Waals surface area contributed by atoms with E-state index in [0.29, 0.717) is 41.5 Å². The van der Waals surface area contributed by atoms with Crippen molar-refractivity contribution in [1.29, 1.82) is 0 Å². The van der Waals surface area contributed by atoms with Crippen LogP contribution in [0.5, 0.6) is 11.5 Å². The minimum Gasteiger partial charge on any atom is -0.490 e. The number of urea groups is 1. The van der Waals surface area contributed by atoms with E-state index in [1.54, 1.807) is 26.0 Å². The van der Waals surface area contributed by atoms with Crippen molar-refractivity contribution in [1.82, 2.24) is 10.6 Å². The Hall–Kier alpha value is -3.48. The average Bonchev–Trinajstić information content (AvgIpc) is 2.73. The van der Waals surface area contributed by atoms with Crippen LogP contribution in [0.15, 0.2) is 53.7 Å². The van der Waals surface area contributed by atoms with Crippen LogP contribution in [0.25, 0.3) is 0 Å². The van der Waals surface area contributed by atoms with Crippen LogP contribution in [-0.4, -0.2) is 25.2 Å². The molecular formula is C24H28N2O5. The number of esters is 1. The lowest BCUT2D eigenvalue weighted by Gasteiger charge is -2.28. The number of hydrogen-bond donors (Lipinski definition) is 2. The van der Waals surface area contributed by atoms with Gasteiger partial charge >= 0.3 is 12.0 Å². The highest BCUT2D eigenvalue weighted by Gasteiger charge is 2.32. The van der Waals surface area contributed by atoms with E-state index in [0.717, 1.165) is 11.1 Å². The van der Waals surface area contributed by atoms with Crippen molar-refractivity contribution in [3.05, 3.63) is 70.4 Å². The molecule has 0 bridgehead atoms. The summed E-state index contributed by atoms with van der Waals surface area (Å²) < 4.78 is 17.0. The van der Waals surface area contributed by atoms with E-state index < -0.39 is 12.0 Å². The molecule has 0 fully saturated rings. The highest BCUT2D eigenvalue weighted by molar-refractivity contribution is 5.95. The van der Waals surface area contributed by atoms with Gasteiger partial charge in [-0.05, 0) is 56.5 Å². The van der Waals surface area contributed by atoms with Crippen LogP contribution in [0.3, 0.4) is 0 Å². The standard InChI is InChI=1S/C24H28N2O5/c1-5-29-20-13-17(11-12-19(20)31-14-18-10-8-7-9-15(18)3)22-21(23(27)30-6-2)16(4)25-24(28)26-22/h7-13,22H,5-6,14H2,1-4H3,(H2,25,26,28). The summed E-state index contributed by atoms with van der Waals surface area (Å²) in [5.41, 5.74) is 3.75. The van der Waals surface area contributed by atoms with E-state index in [1.807, 2.05) is 44.2 Å². The zero-order chi connectivity index (χ0) is 22.4. The molecule has 1 unspecified atom stereocenters. The largest absolute Gasteiger partial charge is 0.490 e. The number of benzene rings is 2. The van der Waals surface area contributed by atoms with Crippen molar-refractivity contribution >= 4 is 12.0 Å². The predicted octanol–water partition coefficient (Wildman–Crippen LogP) is 4.16. The highest BCUT2D eigenvalue weighted by Crippen LogP contribution is 2.35. The molecule has 0 spiro atoms. The zero-order valence-corrected chi connectivity index (χ0v) is 18.3. The van der Waals surface area contributed by atoms with Crippen molar-refractivity contribution in [2.24, 2.45) is 0 Å². The highest BCUT2D eigenvalue weighted by atomic mass is 16.5. The van der Waals surface area contributed by atoms with Gasteiger partial charge in [0.15, 0.2) is 11.5 Å². The summed E-state index contributed by atoms with van der Waals surface area (Å²) in [6.45, 7) is 8.44. The molecule has 1 aliphatic rings. The second-order valence-corrected chi connectivity index (χ2v) is 7.14. The van der Waals surface area contributed by atoms with Crippen molar-refractivity contribution in [3.8, 4) is 11.5 Å². The maximum atomic E-state index is 12.5. The molecule has 1 atom stereocenters. The second kappa shape index (κ2) is 10.0. The molecule has 2 aromatic rings. The Labute approximate surface area is 182 Å². The smallest absolute Gasteiger partial charge is 0.338 e. The van der Waals surface area contributed by atoms with Crippen molar-refractivity contribution < 1.29 is 23.8 Å². The molecule has 0 saturated heterocycles. The Kier molecular flexibility index (Phi) is 7.18. The molecule has 0 radical (unpaired) electrons. The third-order valence-electron chi connectivity index (χ3n) is 5.01. The molecular weight excluding hydrogens is 396 g/mol. The van der Waals surface area contributed by atoms with Crippen molar-refractivity contribution in [3.63, 3.8) is 0 Å². The Morgan fingerprint density at radius 2 is 1.77 bits per heavy atom. The Morgan fingerprint density at radius 1 is 1.00 bits per heavy atom.